The van der Waals surface area contributed by atoms with E-state index in [4.69, 9.17) is 16.0 Å². The molecule has 3 rings (SSSR count). The third-order valence-electron chi connectivity index (χ3n) is 4.65. The smallest absolute Gasteiger partial charge is 0.219 e. The van der Waals surface area contributed by atoms with Gasteiger partial charge in [-0.3, -0.25) is 9.69 Å². The van der Waals surface area contributed by atoms with E-state index in [0.717, 1.165) is 31.5 Å². The molecule has 0 atom stereocenters. The second kappa shape index (κ2) is 7.36. The standard InChI is InChI=1S/C18H22ClN3O2/c1-13(23)21(2)14-7-9-22(10-8-14)12-18-20-11-17(24-18)15-5-3-4-6-16(15)19/h3-6,11,14H,7-10,12H2,1-2H3. The molecule has 0 radical (unpaired) electrons. The highest BCUT2D eigenvalue weighted by Crippen LogP contribution is 2.28. The average Bonchev–Trinajstić information content (AvgIpc) is 3.03. The molecule has 1 aromatic carbocycles. The molecule has 0 unspecified atom stereocenters. The number of carbonyl (C=O) groups excluding carboxylic acids is 1. The first-order chi connectivity index (χ1) is 11.5. The number of amides is 1. The van der Waals surface area contributed by atoms with Crippen LogP contribution in [0.15, 0.2) is 34.9 Å². The van der Waals surface area contributed by atoms with Crippen LogP contribution in [0.25, 0.3) is 11.3 Å². The SMILES string of the molecule is CC(=O)N(C)C1CCN(Cc2ncc(-c3ccccc3Cl)o2)CC1. The Hall–Kier alpha value is -1.85. The summed E-state index contributed by atoms with van der Waals surface area (Å²) in [5, 5.41) is 0.660. The average molecular weight is 348 g/mol. The van der Waals surface area contributed by atoms with Crippen LogP contribution in [0.5, 0.6) is 0 Å². The van der Waals surface area contributed by atoms with Gasteiger partial charge in [-0.25, -0.2) is 4.98 Å². The fourth-order valence-electron chi connectivity index (χ4n) is 3.08. The number of carbonyl (C=O) groups is 1. The van der Waals surface area contributed by atoms with Gasteiger partial charge in [-0.15, -0.1) is 0 Å². The van der Waals surface area contributed by atoms with Crippen LogP contribution < -0.4 is 0 Å². The highest BCUT2D eigenvalue weighted by atomic mass is 35.5. The molecular formula is C18H22ClN3O2. The van der Waals surface area contributed by atoms with Crippen LogP contribution in [0, 0.1) is 0 Å². The Morgan fingerprint density at radius 3 is 2.75 bits per heavy atom. The lowest BCUT2D eigenvalue weighted by molar-refractivity contribution is -0.130. The summed E-state index contributed by atoms with van der Waals surface area (Å²) in [5.41, 5.74) is 0.861. The molecule has 0 aliphatic carbocycles. The minimum absolute atomic E-state index is 0.130. The van der Waals surface area contributed by atoms with E-state index < -0.39 is 0 Å². The zero-order valence-corrected chi connectivity index (χ0v) is 14.8. The van der Waals surface area contributed by atoms with Crippen molar-refractivity contribution in [3.05, 3.63) is 41.4 Å². The number of likely N-dealkylation sites (tertiary alicyclic amines) is 1. The number of hydrogen-bond donors (Lipinski definition) is 0. The summed E-state index contributed by atoms with van der Waals surface area (Å²) in [5.74, 6) is 1.52. The number of halogens is 1. The van der Waals surface area contributed by atoms with Crippen molar-refractivity contribution in [1.82, 2.24) is 14.8 Å². The lowest BCUT2D eigenvalue weighted by Gasteiger charge is -2.35. The zero-order valence-electron chi connectivity index (χ0n) is 14.0. The molecule has 0 saturated carbocycles. The summed E-state index contributed by atoms with van der Waals surface area (Å²) in [6.45, 7) is 4.18. The summed E-state index contributed by atoms with van der Waals surface area (Å²) in [6.07, 6.45) is 3.69. The number of oxazole rings is 1. The summed E-state index contributed by atoms with van der Waals surface area (Å²) in [7, 11) is 1.88. The highest BCUT2D eigenvalue weighted by Gasteiger charge is 2.24. The summed E-state index contributed by atoms with van der Waals surface area (Å²) >= 11 is 6.20. The van der Waals surface area contributed by atoms with Crippen molar-refractivity contribution in [2.45, 2.75) is 32.4 Å². The maximum Gasteiger partial charge on any atom is 0.219 e. The fourth-order valence-corrected chi connectivity index (χ4v) is 3.31. The third-order valence-corrected chi connectivity index (χ3v) is 4.98. The molecule has 1 fully saturated rings. The van der Waals surface area contributed by atoms with E-state index in [0.29, 0.717) is 29.3 Å². The van der Waals surface area contributed by atoms with E-state index in [-0.39, 0.29) is 5.91 Å². The molecule has 1 aliphatic rings. The molecule has 0 spiro atoms. The molecule has 1 amide bonds. The molecule has 6 heteroatoms. The Balaban J connectivity index is 1.59. The molecule has 2 aromatic rings. The minimum atomic E-state index is 0.130. The Morgan fingerprint density at radius 2 is 2.08 bits per heavy atom. The van der Waals surface area contributed by atoms with Crippen molar-refractivity contribution in [1.29, 1.82) is 0 Å². The molecule has 1 saturated heterocycles. The second-order valence-electron chi connectivity index (χ2n) is 6.24. The predicted molar refractivity (Wildman–Crippen MR) is 93.7 cm³/mol. The van der Waals surface area contributed by atoms with Crippen LogP contribution in [0.2, 0.25) is 5.02 Å². The second-order valence-corrected chi connectivity index (χ2v) is 6.64. The van der Waals surface area contributed by atoms with Gasteiger partial charge in [-0.1, -0.05) is 23.7 Å². The van der Waals surface area contributed by atoms with Gasteiger partial charge in [0, 0.05) is 38.7 Å². The minimum Gasteiger partial charge on any atom is -0.439 e. The first-order valence-corrected chi connectivity index (χ1v) is 8.57. The van der Waals surface area contributed by atoms with Crippen molar-refractivity contribution < 1.29 is 9.21 Å². The van der Waals surface area contributed by atoms with Gasteiger partial charge in [0.05, 0.1) is 17.8 Å². The van der Waals surface area contributed by atoms with E-state index >= 15 is 0 Å². The molecule has 1 aromatic heterocycles. The van der Waals surface area contributed by atoms with E-state index in [2.05, 4.69) is 9.88 Å². The normalized spacial score (nSPS) is 16.3. The number of hydrogen-bond acceptors (Lipinski definition) is 4. The van der Waals surface area contributed by atoms with Gasteiger partial charge < -0.3 is 9.32 Å². The molecule has 2 heterocycles. The van der Waals surface area contributed by atoms with Crippen LogP contribution >= 0.6 is 11.6 Å². The summed E-state index contributed by atoms with van der Waals surface area (Å²) in [6, 6.07) is 7.93. The Bertz CT molecular complexity index is 708. The van der Waals surface area contributed by atoms with Crippen LogP contribution in [0.3, 0.4) is 0 Å². The molecule has 0 N–H and O–H groups in total. The van der Waals surface area contributed by atoms with Crippen LogP contribution in [0.4, 0.5) is 0 Å². The van der Waals surface area contributed by atoms with Crippen LogP contribution in [-0.4, -0.2) is 46.9 Å². The fraction of sp³-hybridized carbons (Fsp3) is 0.444. The van der Waals surface area contributed by atoms with Gasteiger partial charge in [-0.2, -0.15) is 0 Å². The van der Waals surface area contributed by atoms with Crippen LogP contribution in [-0.2, 0) is 11.3 Å². The third kappa shape index (κ3) is 3.79. The van der Waals surface area contributed by atoms with Crippen molar-refractivity contribution in [2.75, 3.05) is 20.1 Å². The van der Waals surface area contributed by atoms with Crippen LogP contribution in [0.1, 0.15) is 25.7 Å². The van der Waals surface area contributed by atoms with Gasteiger partial charge in [-0.05, 0) is 25.0 Å². The van der Waals surface area contributed by atoms with Crippen molar-refractivity contribution in [3.63, 3.8) is 0 Å². The molecular weight excluding hydrogens is 326 g/mol. The number of nitrogens with zero attached hydrogens (tertiary/aromatic N) is 3. The van der Waals surface area contributed by atoms with Crippen molar-refractivity contribution in [2.24, 2.45) is 0 Å². The van der Waals surface area contributed by atoms with E-state index in [1.165, 1.54) is 0 Å². The van der Waals surface area contributed by atoms with Crippen molar-refractivity contribution >= 4 is 17.5 Å². The van der Waals surface area contributed by atoms with Crippen molar-refractivity contribution in [3.8, 4) is 11.3 Å². The number of piperidine rings is 1. The van der Waals surface area contributed by atoms with E-state index in [1.807, 2.05) is 36.2 Å². The summed E-state index contributed by atoms with van der Waals surface area (Å²) < 4.78 is 5.86. The molecule has 24 heavy (non-hydrogen) atoms. The lowest BCUT2D eigenvalue weighted by Crippen LogP contribution is -2.44. The number of benzene rings is 1. The maximum absolute atomic E-state index is 11.5. The number of aromatic nitrogens is 1. The Morgan fingerprint density at radius 1 is 1.38 bits per heavy atom. The van der Waals surface area contributed by atoms with Gasteiger partial charge in [0.2, 0.25) is 11.8 Å². The largest absolute Gasteiger partial charge is 0.439 e. The Labute approximate surface area is 147 Å². The first-order valence-electron chi connectivity index (χ1n) is 8.20. The monoisotopic (exact) mass is 347 g/mol. The number of rotatable bonds is 4. The van der Waals surface area contributed by atoms with E-state index in [1.54, 1.807) is 13.1 Å². The maximum atomic E-state index is 11.5. The van der Waals surface area contributed by atoms with Gasteiger partial charge in [0.15, 0.2) is 5.76 Å². The zero-order chi connectivity index (χ0) is 17.1. The first kappa shape index (κ1) is 17.0. The van der Waals surface area contributed by atoms with Gasteiger partial charge in [0.1, 0.15) is 0 Å². The molecule has 0 bridgehead atoms. The Kier molecular flexibility index (Phi) is 5.21. The molecule has 1 aliphatic heterocycles. The topological polar surface area (TPSA) is 49.6 Å². The van der Waals surface area contributed by atoms with Gasteiger partial charge in [0.25, 0.3) is 0 Å². The van der Waals surface area contributed by atoms with Gasteiger partial charge >= 0.3 is 0 Å². The quantitative estimate of drug-likeness (QED) is 0.850. The van der Waals surface area contributed by atoms with E-state index in [9.17, 15) is 4.79 Å². The summed E-state index contributed by atoms with van der Waals surface area (Å²) in [4.78, 5) is 20.0. The predicted octanol–water partition coefficient (Wildman–Crippen LogP) is 3.44. The molecule has 128 valence electrons. The molecule has 5 nitrogen and oxygen atoms in total. The lowest BCUT2D eigenvalue weighted by atomic mass is 10.0. The highest BCUT2D eigenvalue weighted by molar-refractivity contribution is 6.33.